The number of likely N-dealkylation sites (tertiary alicyclic amines) is 1. The highest BCUT2D eigenvalue weighted by molar-refractivity contribution is 5.98. The molecule has 3 aromatic carbocycles. The van der Waals surface area contributed by atoms with Gasteiger partial charge in [-0.2, -0.15) is 4.98 Å². The summed E-state index contributed by atoms with van der Waals surface area (Å²) in [6, 6.07) is 16.7. The first-order chi connectivity index (χ1) is 21.9. The highest BCUT2D eigenvalue weighted by Crippen LogP contribution is 2.37. The third-order valence-corrected chi connectivity index (χ3v) is 7.21. The van der Waals surface area contributed by atoms with Crippen LogP contribution in [0.25, 0.3) is 0 Å². The van der Waals surface area contributed by atoms with E-state index < -0.39 is 23.5 Å². The van der Waals surface area contributed by atoms with Gasteiger partial charge in [-0.1, -0.05) is 18.6 Å². The Hall–Kier alpha value is -4.97. The molecule has 1 aliphatic heterocycles. The van der Waals surface area contributed by atoms with E-state index in [-0.39, 0.29) is 23.2 Å². The molecule has 0 saturated carbocycles. The molecule has 0 radical (unpaired) electrons. The molecule has 10 nitrogen and oxygen atoms in total. The van der Waals surface area contributed by atoms with E-state index in [1.54, 1.807) is 12.1 Å². The monoisotopic (exact) mass is 619 g/mol. The van der Waals surface area contributed by atoms with Gasteiger partial charge in [-0.05, 0) is 68.8 Å². The lowest BCUT2D eigenvalue weighted by atomic mass is 10.1. The number of nitrogens with one attached hydrogen (secondary N) is 1. The Morgan fingerprint density at radius 2 is 1.71 bits per heavy atom. The Kier molecular flexibility index (Phi) is 10.6. The molecule has 1 fully saturated rings. The molecule has 5 rings (SSSR count). The van der Waals surface area contributed by atoms with Crippen molar-refractivity contribution in [3.63, 3.8) is 0 Å². The number of anilines is 4. The first kappa shape index (κ1) is 31.5. The number of methoxy groups -OCH3 is 2. The van der Waals surface area contributed by atoms with Gasteiger partial charge in [-0.15, -0.1) is 0 Å². The number of aromatic nitrogens is 2. The lowest BCUT2D eigenvalue weighted by Crippen LogP contribution is -2.31. The maximum Gasteiger partial charge on any atom is 0.425 e. The molecule has 0 unspecified atom stereocenters. The third kappa shape index (κ3) is 8.15. The maximum atomic E-state index is 14.4. The van der Waals surface area contributed by atoms with Gasteiger partial charge in [0.25, 0.3) is 0 Å². The number of carbonyl (C=O) groups is 1. The van der Waals surface area contributed by atoms with E-state index in [0.717, 1.165) is 43.1 Å². The Morgan fingerprint density at radius 1 is 0.933 bits per heavy atom. The number of piperidine rings is 1. The molecule has 4 aromatic rings. The largest absolute Gasteiger partial charge is 0.497 e. The summed E-state index contributed by atoms with van der Waals surface area (Å²) in [6.07, 6.45) is 5.06. The maximum absolute atomic E-state index is 14.4. The quantitative estimate of drug-likeness (QED) is 0.166. The molecule has 1 saturated heterocycles. The van der Waals surface area contributed by atoms with Crippen LogP contribution in [-0.2, 0) is 0 Å². The van der Waals surface area contributed by atoms with Gasteiger partial charge in [0.2, 0.25) is 11.7 Å². The number of rotatable bonds is 12. The third-order valence-electron chi connectivity index (χ3n) is 7.21. The molecule has 236 valence electrons. The van der Waals surface area contributed by atoms with Crippen LogP contribution < -0.4 is 29.2 Å². The van der Waals surface area contributed by atoms with Crippen molar-refractivity contribution >= 4 is 29.2 Å². The van der Waals surface area contributed by atoms with E-state index in [4.69, 9.17) is 18.9 Å². The van der Waals surface area contributed by atoms with Gasteiger partial charge in [0.15, 0.2) is 11.6 Å². The van der Waals surface area contributed by atoms with E-state index in [9.17, 15) is 13.6 Å². The second-order valence-electron chi connectivity index (χ2n) is 10.3. The molecule has 12 heteroatoms. The Labute approximate surface area is 260 Å². The summed E-state index contributed by atoms with van der Waals surface area (Å²) < 4.78 is 50.8. The van der Waals surface area contributed by atoms with Gasteiger partial charge in [0.05, 0.1) is 26.5 Å². The average molecular weight is 620 g/mol. The molecule has 1 aliphatic rings. The number of carbonyl (C=O) groups excluding carboxylic acids is 1. The summed E-state index contributed by atoms with van der Waals surface area (Å²) in [4.78, 5) is 25.9. The van der Waals surface area contributed by atoms with E-state index in [1.807, 2.05) is 24.3 Å². The Bertz CT molecular complexity index is 1580. The lowest BCUT2D eigenvalue weighted by Gasteiger charge is -2.26. The van der Waals surface area contributed by atoms with Crippen molar-refractivity contribution < 1.29 is 32.5 Å². The zero-order valence-electron chi connectivity index (χ0n) is 25.2. The molecule has 2 heterocycles. The average Bonchev–Trinajstić information content (AvgIpc) is 3.06. The van der Waals surface area contributed by atoms with Crippen LogP contribution in [0.4, 0.5) is 36.7 Å². The van der Waals surface area contributed by atoms with Crippen LogP contribution in [0.15, 0.2) is 72.9 Å². The van der Waals surface area contributed by atoms with Gasteiger partial charge >= 0.3 is 6.09 Å². The molecule has 0 atom stereocenters. The number of benzene rings is 3. The first-order valence-corrected chi connectivity index (χ1v) is 14.7. The Morgan fingerprint density at radius 3 is 2.47 bits per heavy atom. The van der Waals surface area contributed by atoms with Crippen molar-refractivity contribution in [2.45, 2.75) is 25.7 Å². The lowest BCUT2D eigenvalue weighted by molar-refractivity contribution is 0.205. The van der Waals surface area contributed by atoms with E-state index >= 15 is 0 Å². The van der Waals surface area contributed by atoms with E-state index in [0.29, 0.717) is 23.8 Å². The van der Waals surface area contributed by atoms with Crippen molar-refractivity contribution in [3.8, 4) is 23.0 Å². The second-order valence-corrected chi connectivity index (χ2v) is 10.3. The number of hydrogen-bond donors (Lipinski definition) is 1. The summed E-state index contributed by atoms with van der Waals surface area (Å²) in [5.74, 6) is -1.36. The highest BCUT2D eigenvalue weighted by atomic mass is 19.1. The molecule has 1 N–H and O–H groups in total. The smallest absolute Gasteiger partial charge is 0.425 e. The molecular weight excluding hydrogens is 584 g/mol. The minimum atomic E-state index is -1.13. The summed E-state index contributed by atoms with van der Waals surface area (Å²) in [5.41, 5.74) is 0.843. The summed E-state index contributed by atoms with van der Waals surface area (Å²) in [5, 5.41) is 3.13. The van der Waals surface area contributed by atoms with Gasteiger partial charge in [-0.25, -0.2) is 23.5 Å². The molecule has 1 amide bonds. The number of halogens is 2. The number of amides is 1. The predicted octanol–water partition coefficient (Wildman–Crippen LogP) is 7.11. The minimum absolute atomic E-state index is 0.0443. The molecule has 45 heavy (non-hydrogen) atoms. The van der Waals surface area contributed by atoms with Crippen molar-refractivity contribution in [2.24, 2.45) is 0 Å². The van der Waals surface area contributed by atoms with Crippen LogP contribution in [0.1, 0.15) is 25.7 Å². The number of nitrogens with zero attached hydrogens (tertiary/aromatic N) is 4. The SMILES string of the molecule is COc1ccc(N(C(=O)Oc2c(F)cccc2F)c2ccnc(Nc3cccc(OCCCN4CCCCC4)c3)n2)c(OC)c1. The van der Waals surface area contributed by atoms with Gasteiger partial charge in [0, 0.05) is 36.6 Å². The molecule has 0 aliphatic carbocycles. The van der Waals surface area contributed by atoms with Crippen LogP contribution in [-0.4, -0.2) is 61.4 Å². The first-order valence-electron chi connectivity index (χ1n) is 14.7. The molecule has 0 bridgehead atoms. The fourth-order valence-corrected chi connectivity index (χ4v) is 4.99. The summed E-state index contributed by atoms with van der Waals surface area (Å²) >= 11 is 0. The van der Waals surface area contributed by atoms with Crippen LogP contribution in [0.3, 0.4) is 0 Å². The van der Waals surface area contributed by atoms with Crippen molar-refractivity contribution in [2.75, 3.05) is 50.7 Å². The van der Waals surface area contributed by atoms with Crippen molar-refractivity contribution in [1.29, 1.82) is 0 Å². The van der Waals surface area contributed by atoms with Crippen molar-refractivity contribution in [3.05, 3.63) is 84.6 Å². The fourth-order valence-electron chi connectivity index (χ4n) is 4.99. The molecular formula is C33H35F2N5O5. The number of ether oxygens (including phenoxy) is 4. The summed E-state index contributed by atoms with van der Waals surface area (Å²) in [7, 11) is 2.90. The zero-order valence-corrected chi connectivity index (χ0v) is 25.2. The van der Waals surface area contributed by atoms with Gasteiger partial charge in [0.1, 0.15) is 23.1 Å². The van der Waals surface area contributed by atoms with Crippen molar-refractivity contribution in [1.82, 2.24) is 14.9 Å². The fraction of sp³-hybridized carbons (Fsp3) is 0.303. The predicted molar refractivity (Wildman–Crippen MR) is 166 cm³/mol. The van der Waals surface area contributed by atoms with Crippen LogP contribution >= 0.6 is 0 Å². The second kappa shape index (κ2) is 15.2. The molecule has 0 spiro atoms. The van der Waals surface area contributed by atoms with Crippen LogP contribution in [0.2, 0.25) is 0 Å². The number of para-hydroxylation sites is 1. The highest BCUT2D eigenvalue weighted by Gasteiger charge is 2.28. The van der Waals surface area contributed by atoms with Gasteiger partial charge in [-0.3, -0.25) is 0 Å². The topological polar surface area (TPSA) is 98.3 Å². The van der Waals surface area contributed by atoms with Gasteiger partial charge < -0.3 is 29.2 Å². The van der Waals surface area contributed by atoms with E-state index in [1.165, 1.54) is 57.9 Å². The molecule has 1 aromatic heterocycles. The zero-order chi connectivity index (χ0) is 31.6. The Balaban J connectivity index is 1.36. The number of hydrogen-bond acceptors (Lipinski definition) is 9. The minimum Gasteiger partial charge on any atom is -0.497 e. The van der Waals surface area contributed by atoms with Crippen LogP contribution in [0.5, 0.6) is 23.0 Å². The normalized spacial score (nSPS) is 13.2. The van der Waals surface area contributed by atoms with E-state index in [2.05, 4.69) is 20.2 Å². The van der Waals surface area contributed by atoms with Crippen LogP contribution in [0, 0.1) is 11.6 Å². The summed E-state index contributed by atoms with van der Waals surface area (Å²) in [6.45, 7) is 3.91. The standard InChI is InChI=1S/C33H35F2N5O5/c1-42-24-13-14-28(29(22-24)43-2)40(33(41)45-31-26(34)11-7-12-27(31)35)30-15-16-36-32(38-30)37-23-9-6-10-25(21-23)44-20-8-19-39-17-4-3-5-18-39/h6-7,9-16,21-22H,3-5,8,17-20H2,1-2H3,(H,36,37,38).